The van der Waals surface area contributed by atoms with Crippen molar-refractivity contribution in [1.82, 2.24) is 15.1 Å². The largest absolute Gasteiger partial charge is 0.314 e. The lowest BCUT2D eigenvalue weighted by Gasteiger charge is -2.26. The standard InChI is InChI=1S/C17H28BrN3/c1-12-17(18)16(21(2)20-12)10-13-6-4-3-5-7-14(13)11-19-15-8-9-15/h13-15,19H,3-11H2,1-2H3. The quantitative estimate of drug-likeness (QED) is 0.811. The van der Waals surface area contributed by atoms with Crippen LogP contribution in [0.4, 0.5) is 0 Å². The van der Waals surface area contributed by atoms with Gasteiger partial charge in [0.1, 0.15) is 0 Å². The van der Waals surface area contributed by atoms with Gasteiger partial charge in [0, 0.05) is 13.1 Å². The minimum Gasteiger partial charge on any atom is -0.314 e. The molecular weight excluding hydrogens is 326 g/mol. The minimum absolute atomic E-state index is 0.810. The third-order valence-electron chi connectivity index (χ3n) is 5.28. The average Bonchev–Trinajstić information content (AvgIpc) is 3.25. The first-order valence-corrected chi connectivity index (χ1v) is 9.36. The van der Waals surface area contributed by atoms with Crippen molar-refractivity contribution < 1.29 is 0 Å². The maximum atomic E-state index is 4.56. The molecule has 1 aromatic rings. The Morgan fingerprint density at radius 2 is 1.86 bits per heavy atom. The van der Waals surface area contributed by atoms with Gasteiger partial charge in [0.05, 0.1) is 15.9 Å². The average molecular weight is 354 g/mol. The molecule has 2 aliphatic rings. The Balaban J connectivity index is 1.69. The molecule has 21 heavy (non-hydrogen) atoms. The lowest BCUT2D eigenvalue weighted by atomic mass is 9.84. The highest BCUT2D eigenvalue weighted by atomic mass is 79.9. The van der Waals surface area contributed by atoms with Crippen molar-refractivity contribution in [3.8, 4) is 0 Å². The lowest BCUT2D eigenvalue weighted by molar-refractivity contribution is 0.292. The molecule has 118 valence electrons. The number of hydrogen-bond acceptors (Lipinski definition) is 2. The van der Waals surface area contributed by atoms with Gasteiger partial charge in [-0.1, -0.05) is 19.3 Å². The Hall–Kier alpha value is -0.350. The van der Waals surface area contributed by atoms with E-state index in [2.05, 4.69) is 45.0 Å². The SMILES string of the molecule is Cc1nn(C)c(CC2CCCCCC2CNC2CC2)c1Br. The van der Waals surface area contributed by atoms with Crippen molar-refractivity contribution in [2.24, 2.45) is 18.9 Å². The zero-order valence-electron chi connectivity index (χ0n) is 13.4. The van der Waals surface area contributed by atoms with Gasteiger partial charge in [-0.2, -0.15) is 5.10 Å². The highest BCUT2D eigenvalue weighted by Gasteiger charge is 2.28. The van der Waals surface area contributed by atoms with Crippen molar-refractivity contribution >= 4 is 15.9 Å². The second kappa shape index (κ2) is 6.82. The van der Waals surface area contributed by atoms with Crippen molar-refractivity contribution in [2.45, 2.75) is 64.3 Å². The Bertz CT molecular complexity index is 479. The first-order valence-electron chi connectivity index (χ1n) is 8.56. The highest BCUT2D eigenvalue weighted by molar-refractivity contribution is 9.10. The van der Waals surface area contributed by atoms with E-state index in [1.807, 2.05) is 0 Å². The van der Waals surface area contributed by atoms with Crippen molar-refractivity contribution in [2.75, 3.05) is 6.54 Å². The van der Waals surface area contributed by atoms with E-state index >= 15 is 0 Å². The molecule has 0 saturated heterocycles. The number of aromatic nitrogens is 2. The van der Waals surface area contributed by atoms with Crippen LogP contribution in [-0.4, -0.2) is 22.4 Å². The van der Waals surface area contributed by atoms with Crippen LogP contribution in [0.5, 0.6) is 0 Å². The molecule has 4 heteroatoms. The summed E-state index contributed by atoms with van der Waals surface area (Å²) in [7, 11) is 2.08. The summed E-state index contributed by atoms with van der Waals surface area (Å²) in [5.41, 5.74) is 2.50. The van der Waals surface area contributed by atoms with Crippen LogP contribution in [0.1, 0.15) is 56.3 Å². The van der Waals surface area contributed by atoms with Gasteiger partial charge in [-0.3, -0.25) is 4.68 Å². The molecule has 2 aliphatic carbocycles. The summed E-state index contributed by atoms with van der Waals surface area (Å²) in [4.78, 5) is 0. The van der Waals surface area contributed by atoms with Gasteiger partial charge < -0.3 is 5.32 Å². The van der Waals surface area contributed by atoms with Crippen molar-refractivity contribution in [3.05, 3.63) is 15.9 Å². The smallest absolute Gasteiger partial charge is 0.0738 e. The summed E-state index contributed by atoms with van der Waals surface area (Å²) in [6, 6.07) is 0.833. The number of aryl methyl sites for hydroxylation is 2. The fourth-order valence-electron chi connectivity index (χ4n) is 3.75. The monoisotopic (exact) mass is 353 g/mol. The number of nitrogens with one attached hydrogen (secondary N) is 1. The second-order valence-electron chi connectivity index (χ2n) is 7.01. The summed E-state index contributed by atoms with van der Waals surface area (Å²) in [6.07, 6.45) is 11.0. The van der Waals surface area contributed by atoms with E-state index in [9.17, 15) is 0 Å². The number of rotatable bonds is 5. The molecular formula is C17H28BrN3. The van der Waals surface area contributed by atoms with Gasteiger partial charge >= 0.3 is 0 Å². The fraction of sp³-hybridized carbons (Fsp3) is 0.824. The summed E-state index contributed by atoms with van der Waals surface area (Å²) in [6.45, 7) is 3.32. The summed E-state index contributed by atoms with van der Waals surface area (Å²) >= 11 is 3.74. The molecule has 2 unspecified atom stereocenters. The van der Waals surface area contributed by atoms with Gasteiger partial charge in [-0.05, 0) is 73.3 Å². The molecule has 1 N–H and O–H groups in total. The maximum absolute atomic E-state index is 4.56. The predicted octanol–water partition coefficient (Wildman–Crippen LogP) is 3.98. The van der Waals surface area contributed by atoms with Crippen LogP contribution in [0.3, 0.4) is 0 Å². The first-order chi connectivity index (χ1) is 10.1. The van der Waals surface area contributed by atoms with E-state index in [-0.39, 0.29) is 0 Å². The van der Waals surface area contributed by atoms with Crippen molar-refractivity contribution in [3.63, 3.8) is 0 Å². The van der Waals surface area contributed by atoms with E-state index in [0.29, 0.717) is 0 Å². The maximum Gasteiger partial charge on any atom is 0.0738 e. The number of nitrogens with zero attached hydrogens (tertiary/aromatic N) is 2. The second-order valence-corrected chi connectivity index (χ2v) is 7.81. The van der Waals surface area contributed by atoms with E-state index in [0.717, 1.165) is 23.6 Å². The third-order valence-corrected chi connectivity index (χ3v) is 6.31. The Morgan fingerprint density at radius 1 is 1.14 bits per heavy atom. The molecule has 3 nitrogen and oxygen atoms in total. The Morgan fingerprint density at radius 3 is 2.48 bits per heavy atom. The third kappa shape index (κ3) is 3.89. The molecule has 0 spiro atoms. The molecule has 3 rings (SSSR count). The van der Waals surface area contributed by atoms with Crippen LogP contribution in [-0.2, 0) is 13.5 Å². The van der Waals surface area contributed by atoms with Crippen LogP contribution in [0, 0.1) is 18.8 Å². The predicted molar refractivity (Wildman–Crippen MR) is 90.4 cm³/mol. The van der Waals surface area contributed by atoms with Crippen molar-refractivity contribution in [1.29, 1.82) is 0 Å². The molecule has 0 aliphatic heterocycles. The molecule has 2 atom stereocenters. The zero-order valence-corrected chi connectivity index (χ0v) is 15.0. The van der Waals surface area contributed by atoms with Crippen LogP contribution >= 0.6 is 15.9 Å². The number of hydrogen-bond donors (Lipinski definition) is 1. The Kier molecular flexibility index (Phi) is 5.05. The molecule has 0 aromatic carbocycles. The molecule has 0 bridgehead atoms. The van der Waals surface area contributed by atoms with Gasteiger partial charge in [0.15, 0.2) is 0 Å². The van der Waals surface area contributed by atoms with Gasteiger partial charge in [-0.25, -0.2) is 0 Å². The molecule has 2 fully saturated rings. The first kappa shape index (κ1) is 15.5. The minimum atomic E-state index is 0.810. The summed E-state index contributed by atoms with van der Waals surface area (Å²) < 4.78 is 3.30. The van der Waals surface area contributed by atoms with E-state index in [1.165, 1.54) is 68.1 Å². The highest BCUT2D eigenvalue weighted by Crippen LogP contribution is 2.34. The van der Waals surface area contributed by atoms with Gasteiger partial charge in [0.25, 0.3) is 0 Å². The van der Waals surface area contributed by atoms with Gasteiger partial charge in [0.2, 0.25) is 0 Å². The molecule has 1 heterocycles. The van der Waals surface area contributed by atoms with Crippen LogP contribution in [0.2, 0.25) is 0 Å². The van der Waals surface area contributed by atoms with E-state index in [4.69, 9.17) is 0 Å². The normalized spacial score (nSPS) is 26.8. The fourth-order valence-corrected chi connectivity index (χ4v) is 4.25. The molecule has 0 amide bonds. The molecule has 0 radical (unpaired) electrons. The Labute approximate surface area is 137 Å². The van der Waals surface area contributed by atoms with Crippen LogP contribution in [0.25, 0.3) is 0 Å². The summed E-state index contributed by atoms with van der Waals surface area (Å²) in [5, 5.41) is 8.33. The molecule has 1 aromatic heterocycles. The van der Waals surface area contributed by atoms with E-state index < -0.39 is 0 Å². The van der Waals surface area contributed by atoms with Gasteiger partial charge in [-0.15, -0.1) is 0 Å². The zero-order chi connectivity index (χ0) is 14.8. The number of halogens is 1. The van der Waals surface area contributed by atoms with E-state index in [1.54, 1.807) is 0 Å². The summed E-state index contributed by atoms with van der Waals surface area (Å²) in [5.74, 6) is 1.65. The topological polar surface area (TPSA) is 29.9 Å². The van der Waals surface area contributed by atoms with Crippen LogP contribution in [0.15, 0.2) is 4.47 Å². The van der Waals surface area contributed by atoms with Crippen LogP contribution < -0.4 is 5.32 Å². The lowest BCUT2D eigenvalue weighted by Crippen LogP contribution is -2.30. The molecule has 2 saturated carbocycles.